The van der Waals surface area contributed by atoms with Crippen LogP contribution in [0.3, 0.4) is 0 Å². The third-order valence-electron chi connectivity index (χ3n) is 4.04. The standard InChI is InChI=1S/C14H17N3O2S/c15-5-1-3-10-7-14(10,13(18)19)11-8-17(9-16-11)12-4-2-6-20-12/h2,4,6,8-10H,1,3,5,7,15H2,(H,18,19)/t10-,14+/m0/s1. The fourth-order valence-corrected chi connectivity index (χ4v) is 3.49. The zero-order valence-electron chi connectivity index (χ0n) is 11.0. The van der Waals surface area contributed by atoms with Gasteiger partial charge < -0.3 is 10.8 Å². The molecule has 1 saturated carbocycles. The number of hydrogen-bond donors (Lipinski definition) is 2. The second kappa shape index (κ2) is 5.03. The highest BCUT2D eigenvalue weighted by molar-refractivity contribution is 7.12. The summed E-state index contributed by atoms with van der Waals surface area (Å²) < 4.78 is 1.89. The van der Waals surface area contributed by atoms with Crippen LogP contribution < -0.4 is 5.73 Å². The van der Waals surface area contributed by atoms with Gasteiger partial charge in [-0.1, -0.05) is 0 Å². The molecule has 1 aliphatic carbocycles. The molecule has 0 aromatic carbocycles. The molecule has 2 atom stereocenters. The average molecular weight is 291 g/mol. The fourth-order valence-electron chi connectivity index (χ4n) is 2.82. The Kier molecular flexibility index (Phi) is 3.35. The van der Waals surface area contributed by atoms with Gasteiger partial charge in [-0.3, -0.25) is 9.36 Å². The molecule has 0 aliphatic heterocycles. The van der Waals surface area contributed by atoms with Crippen LogP contribution in [0.15, 0.2) is 30.0 Å². The van der Waals surface area contributed by atoms with Gasteiger partial charge in [0.2, 0.25) is 0 Å². The fraction of sp³-hybridized carbons (Fsp3) is 0.429. The lowest BCUT2D eigenvalue weighted by atomic mass is 9.98. The molecule has 0 amide bonds. The highest BCUT2D eigenvalue weighted by Crippen LogP contribution is 2.56. The minimum Gasteiger partial charge on any atom is -0.481 e. The second-order valence-electron chi connectivity index (χ2n) is 5.23. The molecule has 6 heteroatoms. The topological polar surface area (TPSA) is 81.1 Å². The summed E-state index contributed by atoms with van der Waals surface area (Å²) in [6, 6.07) is 3.95. The molecule has 20 heavy (non-hydrogen) atoms. The highest BCUT2D eigenvalue weighted by Gasteiger charge is 2.62. The molecule has 106 valence electrons. The van der Waals surface area contributed by atoms with E-state index in [1.165, 1.54) is 0 Å². The molecule has 0 unspecified atom stereocenters. The van der Waals surface area contributed by atoms with E-state index in [9.17, 15) is 9.90 Å². The number of aliphatic carboxylic acids is 1. The van der Waals surface area contributed by atoms with Gasteiger partial charge in [-0.2, -0.15) is 0 Å². The number of carboxylic acid groups (broad SMARTS) is 1. The molecule has 0 bridgehead atoms. The van der Waals surface area contributed by atoms with E-state index < -0.39 is 11.4 Å². The van der Waals surface area contributed by atoms with E-state index in [2.05, 4.69) is 4.98 Å². The molecule has 3 N–H and O–H groups in total. The predicted molar refractivity (Wildman–Crippen MR) is 77.2 cm³/mol. The van der Waals surface area contributed by atoms with Crippen LogP contribution in [0.25, 0.3) is 5.00 Å². The summed E-state index contributed by atoms with van der Waals surface area (Å²) >= 11 is 1.60. The highest BCUT2D eigenvalue weighted by atomic mass is 32.1. The monoisotopic (exact) mass is 291 g/mol. The van der Waals surface area contributed by atoms with Crippen molar-refractivity contribution in [3.63, 3.8) is 0 Å². The number of nitrogens with two attached hydrogens (primary N) is 1. The Morgan fingerprint density at radius 1 is 1.65 bits per heavy atom. The van der Waals surface area contributed by atoms with E-state index >= 15 is 0 Å². The molecule has 1 aliphatic rings. The minimum atomic E-state index is -0.794. The van der Waals surface area contributed by atoms with Crippen molar-refractivity contribution in [1.29, 1.82) is 0 Å². The van der Waals surface area contributed by atoms with Crippen LogP contribution in [0.2, 0.25) is 0 Å². The van der Waals surface area contributed by atoms with Crippen molar-refractivity contribution in [2.24, 2.45) is 11.7 Å². The third-order valence-corrected chi connectivity index (χ3v) is 4.93. The summed E-state index contributed by atoms with van der Waals surface area (Å²) in [6.07, 6.45) is 5.94. The molecule has 2 aromatic rings. The number of imidazole rings is 1. The number of aromatic nitrogens is 2. The largest absolute Gasteiger partial charge is 0.481 e. The van der Waals surface area contributed by atoms with Gasteiger partial charge in [0.1, 0.15) is 16.7 Å². The Bertz CT molecular complexity index is 608. The Hall–Kier alpha value is -1.66. The number of nitrogens with zero attached hydrogens (tertiary/aromatic N) is 2. The van der Waals surface area contributed by atoms with Crippen molar-refractivity contribution < 1.29 is 9.90 Å². The molecule has 3 rings (SSSR count). The summed E-state index contributed by atoms with van der Waals surface area (Å²) in [7, 11) is 0. The van der Waals surface area contributed by atoms with Crippen LogP contribution in [0, 0.1) is 5.92 Å². The van der Waals surface area contributed by atoms with Crippen LogP contribution in [-0.2, 0) is 10.2 Å². The lowest BCUT2D eigenvalue weighted by molar-refractivity contribution is -0.140. The maximum Gasteiger partial charge on any atom is 0.316 e. The van der Waals surface area contributed by atoms with Gasteiger partial charge in [0.15, 0.2) is 0 Å². The summed E-state index contributed by atoms with van der Waals surface area (Å²) in [6.45, 7) is 0.607. The number of carboxylic acids is 1. The lowest BCUT2D eigenvalue weighted by Gasteiger charge is -2.09. The zero-order chi connectivity index (χ0) is 14.2. The zero-order valence-corrected chi connectivity index (χ0v) is 11.8. The molecule has 1 fully saturated rings. The molecular formula is C14H17N3O2S. The maximum absolute atomic E-state index is 11.7. The first-order valence-electron chi connectivity index (χ1n) is 6.70. The second-order valence-corrected chi connectivity index (χ2v) is 6.15. The van der Waals surface area contributed by atoms with E-state index in [4.69, 9.17) is 5.73 Å². The van der Waals surface area contributed by atoms with Gasteiger partial charge in [-0.15, -0.1) is 11.3 Å². The van der Waals surface area contributed by atoms with Crippen LogP contribution in [0.1, 0.15) is 25.0 Å². The van der Waals surface area contributed by atoms with Crippen molar-refractivity contribution in [2.75, 3.05) is 6.54 Å². The van der Waals surface area contributed by atoms with Gasteiger partial charge in [0, 0.05) is 6.20 Å². The van der Waals surface area contributed by atoms with Gasteiger partial charge in [-0.05, 0) is 49.2 Å². The van der Waals surface area contributed by atoms with E-state index in [1.54, 1.807) is 17.7 Å². The number of rotatable bonds is 6. The first kappa shape index (κ1) is 13.3. The minimum absolute atomic E-state index is 0.162. The summed E-state index contributed by atoms with van der Waals surface area (Å²) in [5, 5.41) is 12.6. The number of hydrogen-bond acceptors (Lipinski definition) is 4. The smallest absolute Gasteiger partial charge is 0.316 e. The van der Waals surface area contributed by atoms with Crippen LogP contribution in [0.5, 0.6) is 0 Å². The van der Waals surface area contributed by atoms with Crippen molar-refractivity contribution >= 4 is 17.3 Å². The molecule has 0 radical (unpaired) electrons. The van der Waals surface area contributed by atoms with Gasteiger partial charge >= 0.3 is 5.97 Å². The van der Waals surface area contributed by atoms with Crippen LogP contribution in [0.4, 0.5) is 0 Å². The van der Waals surface area contributed by atoms with E-state index in [0.29, 0.717) is 18.7 Å². The third kappa shape index (κ3) is 2.05. The predicted octanol–water partition coefficient (Wildman–Crippen LogP) is 2.01. The summed E-state index contributed by atoms with van der Waals surface area (Å²) in [4.78, 5) is 16.0. The normalized spacial score (nSPS) is 24.8. The SMILES string of the molecule is NCCC[C@H]1C[C@]1(C(=O)O)c1cn(-c2cccs2)cn1. The van der Waals surface area contributed by atoms with Crippen molar-refractivity contribution in [3.8, 4) is 5.00 Å². The molecule has 2 aromatic heterocycles. The first-order chi connectivity index (χ1) is 9.68. The van der Waals surface area contributed by atoms with Crippen molar-refractivity contribution in [2.45, 2.75) is 24.7 Å². The van der Waals surface area contributed by atoms with Crippen molar-refractivity contribution in [3.05, 3.63) is 35.7 Å². The molecule has 0 saturated heterocycles. The number of carbonyl (C=O) groups is 1. The van der Waals surface area contributed by atoms with E-state index in [1.807, 2.05) is 28.3 Å². The summed E-state index contributed by atoms with van der Waals surface area (Å²) in [5.41, 5.74) is 5.38. The van der Waals surface area contributed by atoms with Gasteiger partial charge in [0.25, 0.3) is 0 Å². The van der Waals surface area contributed by atoms with E-state index in [-0.39, 0.29) is 5.92 Å². The molecule has 5 nitrogen and oxygen atoms in total. The maximum atomic E-state index is 11.7. The van der Waals surface area contributed by atoms with Crippen LogP contribution >= 0.6 is 11.3 Å². The summed E-state index contributed by atoms with van der Waals surface area (Å²) in [5.74, 6) is -0.605. The molecule has 0 spiro atoms. The van der Waals surface area contributed by atoms with Gasteiger partial charge in [0.05, 0.1) is 5.69 Å². The van der Waals surface area contributed by atoms with Gasteiger partial charge in [-0.25, -0.2) is 4.98 Å². The average Bonchev–Trinajstić information content (AvgIpc) is 2.87. The van der Waals surface area contributed by atoms with E-state index in [0.717, 1.165) is 17.8 Å². The quantitative estimate of drug-likeness (QED) is 0.853. The lowest BCUT2D eigenvalue weighted by Crippen LogP contribution is -2.23. The van der Waals surface area contributed by atoms with Crippen molar-refractivity contribution in [1.82, 2.24) is 9.55 Å². The molecular weight excluding hydrogens is 274 g/mol. The number of thiophene rings is 1. The Morgan fingerprint density at radius 3 is 3.15 bits per heavy atom. The van der Waals surface area contributed by atoms with Crippen LogP contribution in [-0.4, -0.2) is 27.2 Å². The Labute approximate surface area is 121 Å². The molecule has 2 heterocycles. The Balaban J connectivity index is 1.85. The Morgan fingerprint density at radius 2 is 2.50 bits per heavy atom. The first-order valence-corrected chi connectivity index (χ1v) is 7.58.